The van der Waals surface area contributed by atoms with Crippen LogP contribution in [0.5, 0.6) is 0 Å². The number of nitrogens with one attached hydrogen (secondary N) is 1. The van der Waals surface area contributed by atoms with E-state index in [-0.39, 0.29) is 10.6 Å². The van der Waals surface area contributed by atoms with Crippen molar-refractivity contribution in [3.05, 3.63) is 28.3 Å². The van der Waals surface area contributed by atoms with Crippen LogP contribution in [0.3, 0.4) is 0 Å². The molecule has 0 aliphatic carbocycles. The second-order valence-electron chi connectivity index (χ2n) is 4.10. The lowest BCUT2D eigenvalue weighted by atomic mass is 10.2. The van der Waals surface area contributed by atoms with Gasteiger partial charge < -0.3 is 10.1 Å². The van der Waals surface area contributed by atoms with Crippen molar-refractivity contribution in [3.8, 4) is 0 Å². The summed E-state index contributed by atoms with van der Waals surface area (Å²) in [5.74, 6) is -0.591. The number of carbonyl (C=O) groups excluding carboxylic acids is 1. The summed E-state index contributed by atoms with van der Waals surface area (Å²) in [5, 5.41) is 13.6. The molecule has 1 rings (SSSR count). The zero-order chi connectivity index (χ0) is 15.5. The first-order chi connectivity index (χ1) is 9.16. The van der Waals surface area contributed by atoms with Gasteiger partial charge in [0.25, 0.3) is 5.69 Å². The fraction of sp³-hybridized carbons (Fsp3) is 0.364. The number of sulfone groups is 1. The fourth-order valence-corrected chi connectivity index (χ4v) is 2.13. The number of esters is 1. The molecule has 0 aliphatic rings. The number of anilines is 1. The molecule has 0 bridgehead atoms. The van der Waals surface area contributed by atoms with Crippen molar-refractivity contribution < 1.29 is 22.9 Å². The number of methoxy groups -OCH3 is 1. The molecule has 0 radical (unpaired) electrons. The van der Waals surface area contributed by atoms with Gasteiger partial charge in [0.15, 0.2) is 9.84 Å². The molecule has 1 N–H and O–H groups in total. The molecule has 9 heteroatoms. The van der Waals surface area contributed by atoms with Gasteiger partial charge in [-0.25, -0.2) is 13.2 Å². The number of rotatable bonds is 5. The minimum absolute atomic E-state index is 0.0419. The maximum Gasteiger partial charge on any atom is 0.327 e. The van der Waals surface area contributed by atoms with E-state index in [0.29, 0.717) is 0 Å². The maximum atomic E-state index is 11.4. The molecule has 0 fully saturated rings. The molecule has 1 atom stereocenters. The Kier molecular flexibility index (Phi) is 4.66. The molecular weight excluding hydrogens is 288 g/mol. The Balaban J connectivity index is 3.21. The number of hydrogen-bond acceptors (Lipinski definition) is 7. The molecule has 1 unspecified atom stereocenters. The van der Waals surface area contributed by atoms with Crippen LogP contribution >= 0.6 is 0 Å². The lowest BCUT2D eigenvalue weighted by Gasteiger charge is -2.13. The average Bonchev–Trinajstić information content (AvgIpc) is 2.36. The monoisotopic (exact) mass is 302 g/mol. The SMILES string of the molecule is COC(=O)C(C)Nc1ccc(S(C)(=O)=O)cc1[N+](=O)[O-]. The van der Waals surface area contributed by atoms with E-state index in [9.17, 15) is 23.3 Å². The molecule has 0 aromatic heterocycles. The summed E-state index contributed by atoms with van der Waals surface area (Å²) in [6, 6.07) is 2.62. The Morgan fingerprint density at radius 3 is 2.50 bits per heavy atom. The third-order valence-electron chi connectivity index (χ3n) is 2.52. The Labute approximate surface area is 115 Å². The third kappa shape index (κ3) is 3.67. The molecular formula is C11H14N2O6S. The van der Waals surface area contributed by atoms with Gasteiger partial charge in [-0.15, -0.1) is 0 Å². The van der Waals surface area contributed by atoms with Crippen LogP contribution in [0.2, 0.25) is 0 Å². The molecule has 1 aromatic carbocycles. The van der Waals surface area contributed by atoms with E-state index < -0.39 is 32.5 Å². The minimum atomic E-state index is -3.55. The van der Waals surface area contributed by atoms with Gasteiger partial charge in [-0.05, 0) is 19.1 Å². The second-order valence-corrected chi connectivity index (χ2v) is 6.11. The smallest absolute Gasteiger partial charge is 0.327 e. The summed E-state index contributed by atoms with van der Waals surface area (Å²) in [5.41, 5.74) is -0.385. The fourth-order valence-electron chi connectivity index (χ4n) is 1.48. The minimum Gasteiger partial charge on any atom is -0.467 e. The first-order valence-corrected chi connectivity index (χ1v) is 7.39. The van der Waals surface area contributed by atoms with Gasteiger partial charge in [-0.2, -0.15) is 0 Å². The van der Waals surface area contributed by atoms with Crippen LogP contribution < -0.4 is 5.32 Å². The zero-order valence-electron chi connectivity index (χ0n) is 11.1. The summed E-state index contributed by atoms with van der Waals surface area (Å²) >= 11 is 0. The van der Waals surface area contributed by atoms with E-state index in [1.807, 2.05) is 0 Å². The number of carbonyl (C=O) groups is 1. The number of ether oxygens (including phenoxy) is 1. The standard InChI is InChI=1S/C11H14N2O6S/c1-7(11(14)19-2)12-9-5-4-8(20(3,17)18)6-10(9)13(15)16/h4-7,12H,1-3H3. The second kappa shape index (κ2) is 5.87. The van der Waals surface area contributed by atoms with Crippen LogP contribution in [-0.4, -0.2) is 38.7 Å². The van der Waals surface area contributed by atoms with Crippen molar-refractivity contribution in [1.82, 2.24) is 0 Å². The highest BCUT2D eigenvalue weighted by Gasteiger charge is 2.22. The molecule has 1 aromatic rings. The van der Waals surface area contributed by atoms with Gasteiger partial charge in [0.2, 0.25) is 0 Å². The van der Waals surface area contributed by atoms with Crippen molar-refractivity contribution in [2.45, 2.75) is 17.9 Å². The summed E-state index contributed by atoms with van der Waals surface area (Å²) in [6.07, 6.45) is 0.955. The van der Waals surface area contributed by atoms with E-state index in [1.165, 1.54) is 26.2 Å². The number of nitro groups is 1. The van der Waals surface area contributed by atoms with Crippen LogP contribution in [-0.2, 0) is 19.4 Å². The van der Waals surface area contributed by atoms with E-state index in [0.717, 1.165) is 12.3 Å². The quantitative estimate of drug-likeness (QED) is 0.489. The average molecular weight is 302 g/mol. The van der Waals surface area contributed by atoms with Gasteiger partial charge >= 0.3 is 5.97 Å². The van der Waals surface area contributed by atoms with Gasteiger partial charge in [-0.3, -0.25) is 10.1 Å². The van der Waals surface area contributed by atoms with Gasteiger partial charge in [0.05, 0.1) is 16.9 Å². The summed E-state index contributed by atoms with van der Waals surface area (Å²) in [6.45, 7) is 1.47. The van der Waals surface area contributed by atoms with Crippen LogP contribution in [0.25, 0.3) is 0 Å². The zero-order valence-corrected chi connectivity index (χ0v) is 11.9. The molecule has 0 aliphatic heterocycles. The van der Waals surface area contributed by atoms with Crippen molar-refractivity contribution in [2.75, 3.05) is 18.7 Å². The summed E-state index contributed by atoms with van der Waals surface area (Å²) in [4.78, 5) is 21.4. The van der Waals surface area contributed by atoms with Crippen LogP contribution in [0.4, 0.5) is 11.4 Å². The molecule has 0 heterocycles. The highest BCUT2D eigenvalue weighted by atomic mass is 32.2. The van der Waals surface area contributed by atoms with Crippen molar-refractivity contribution in [1.29, 1.82) is 0 Å². The van der Waals surface area contributed by atoms with E-state index in [1.54, 1.807) is 0 Å². The topological polar surface area (TPSA) is 116 Å². The Bertz CT molecular complexity index is 640. The molecule has 0 spiro atoms. The van der Waals surface area contributed by atoms with Crippen molar-refractivity contribution in [2.24, 2.45) is 0 Å². The molecule has 0 amide bonds. The largest absolute Gasteiger partial charge is 0.467 e. The molecule has 0 saturated heterocycles. The highest BCUT2D eigenvalue weighted by molar-refractivity contribution is 7.90. The van der Waals surface area contributed by atoms with Crippen LogP contribution in [0.15, 0.2) is 23.1 Å². The Morgan fingerprint density at radius 2 is 2.05 bits per heavy atom. The maximum absolute atomic E-state index is 11.4. The summed E-state index contributed by atoms with van der Waals surface area (Å²) in [7, 11) is -2.35. The van der Waals surface area contributed by atoms with E-state index in [4.69, 9.17) is 0 Å². The van der Waals surface area contributed by atoms with E-state index in [2.05, 4.69) is 10.1 Å². The number of benzene rings is 1. The number of hydrogen-bond donors (Lipinski definition) is 1. The number of nitro benzene ring substituents is 1. The molecule has 110 valence electrons. The molecule has 8 nitrogen and oxygen atoms in total. The predicted octanol–water partition coefficient (Wildman–Crippen LogP) is 0.972. The van der Waals surface area contributed by atoms with E-state index >= 15 is 0 Å². The number of nitrogens with zero attached hydrogens (tertiary/aromatic N) is 1. The summed E-state index contributed by atoms with van der Waals surface area (Å²) < 4.78 is 27.3. The lowest BCUT2D eigenvalue weighted by Crippen LogP contribution is -2.27. The van der Waals surface area contributed by atoms with Crippen LogP contribution in [0.1, 0.15) is 6.92 Å². The van der Waals surface area contributed by atoms with Crippen molar-refractivity contribution in [3.63, 3.8) is 0 Å². The molecule has 0 saturated carbocycles. The van der Waals surface area contributed by atoms with Crippen molar-refractivity contribution >= 4 is 27.2 Å². The third-order valence-corrected chi connectivity index (χ3v) is 3.63. The van der Waals surface area contributed by atoms with Gasteiger partial charge in [0, 0.05) is 12.3 Å². The van der Waals surface area contributed by atoms with Gasteiger partial charge in [0.1, 0.15) is 11.7 Å². The Hall–Kier alpha value is -2.16. The highest BCUT2D eigenvalue weighted by Crippen LogP contribution is 2.28. The first-order valence-electron chi connectivity index (χ1n) is 5.49. The molecule has 20 heavy (non-hydrogen) atoms. The normalized spacial score (nSPS) is 12.6. The predicted molar refractivity (Wildman–Crippen MR) is 71.3 cm³/mol. The lowest BCUT2D eigenvalue weighted by molar-refractivity contribution is -0.384. The van der Waals surface area contributed by atoms with Crippen LogP contribution in [0, 0.1) is 10.1 Å². The first kappa shape index (κ1) is 15.9. The Morgan fingerprint density at radius 1 is 1.45 bits per heavy atom. The van der Waals surface area contributed by atoms with Gasteiger partial charge in [-0.1, -0.05) is 0 Å².